The summed E-state index contributed by atoms with van der Waals surface area (Å²) in [6.45, 7) is 2.01. The van der Waals surface area contributed by atoms with Gasteiger partial charge in [0, 0.05) is 16.6 Å². The Morgan fingerprint density at radius 1 is 1.07 bits per heavy atom. The normalized spacial score (nSPS) is 11.2. The van der Waals surface area contributed by atoms with Crippen molar-refractivity contribution in [3.8, 4) is 5.75 Å². The van der Waals surface area contributed by atoms with Crippen LogP contribution >= 0.6 is 0 Å². The fourth-order valence-electron chi connectivity index (χ4n) is 2.83. The third-order valence-corrected chi connectivity index (χ3v) is 4.18. The van der Waals surface area contributed by atoms with Crippen molar-refractivity contribution >= 4 is 28.6 Å². The van der Waals surface area contributed by atoms with E-state index in [1.54, 1.807) is 13.3 Å². The number of aromatic nitrogens is 4. The minimum Gasteiger partial charge on any atom is -0.496 e. The molecule has 3 aromatic carbocycles. The van der Waals surface area contributed by atoms with Gasteiger partial charge in [-0.3, -0.25) is 0 Å². The van der Waals surface area contributed by atoms with Crippen molar-refractivity contribution in [2.24, 2.45) is 5.10 Å². The summed E-state index contributed by atoms with van der Waals surface area (Å²) in [6, 6.07) is 20.0. The molecule has 0 aliphatic carbocycles. The number of nitrogens with zero attached hydrogens (tertiary/aromatic N) is 5. The largest absolute Gasteiger partial charge is 0.496 e. The standard InChI is InChI=1S/C20H18N6O/c1-14-10-11-16(19(12-14)27-2)13-21-26-20(23-24-25-26)22-18-9-5-7-15-6-3-4-8-17(15)18/h3-13H,1-2H3,(H,22,23,25). The Hall–Kier alpha value is -3.74. The molecule has 0 fully saturated rings. The summed E-state index contributed by atoms with van der Waals surface area (Å²) in [5.41, 5.74) is 2.87. The zero-order valence-corrected chi connectivity index (χ0v) is 15.0. The zero-order chi connectivity index (χ0) is 18.6. The van der Waals surface area contributed by atoms with Crippen molar-refractivity contribution in [3.63, 3.8) is 0 Å². The Balaban J connectivity index is 1.64. The Labute approximate surface area is 156 Å². The number of tetrazole rings is 1. The van der Waals surface area contributed by atoms with Crippen LogP contribution in [0.2, 0.25) is 0 Å². The lowest BCUT2D eigenvalue weighted by atomic mass is 10.1. The topological polar surface area (TPSA) is 77.2 Å². The Kier molecular flexibility index (Phi) is 4.49. The molecule has 0 aliphatic heterocycles. The smallest absolute Gasteiger partial charge is 0.269 e. The van der Waals surface area contributed by atoms with Crippen LogP contribution in [0.25, 0.3) is 10.8 Å². The van der Waals surface area contributed by atoms with E-state index in [9.17, 15) is 0 Å². The van der Waals surface area contributed by atoms with E-state index in [-0.39, 0.29) is 0 Å². The van der Waals surface area contributed by atoms with Gasteiger partial charge >= 0.3 is 0 Å². The summed E-state index contributed by atoms with van der Waals surface area (Å²) >= 11 is 0. The molecule has 4 rings (SSSR count). The van der Waals surface area contributed by atoms with Crippen LogP contribution in [-0.4, -0.2) is 33.6 Å². The SMILES string of the molecule is COc1cc(C)ccc1C=Nn1nnnc1Nc1cccc2ccccc12. The van der Waals surface area contributed by atoms with Crippen molar-refractivity contribution in [1.82, 2.24) is 20.3 Å². The van der Waals surface area contributed by atoms with Crippen molar-refractivity contribution < 1.29 is 4.74 Å². The molecule has 0 radical (unpaired) electrons. The van der Waals surface area contributed by atoms with Crippen LogP contribution in [0.15, 0.2) is 65.8 Å². The van der Waals surface area contributed by atoms with Crippen molar-refractivity contribution in [2.75, 3.05) is 12.4 Å². The molecular formula is C20H18N6O. The van der Waals surface area contributed by atoms with Gasteiger partial charge in [0.25, 0.3) is 5.95 Å². The lowest BCUT2D eigenvalue weighted by molar-refractivity contribution is 0.414. The maximum Gasteiger partial charge on any atom is 0.269 e. The van der Waals surface area contributed by atoms with Crippen LogP contribution < -0.4 is 10.1 Å². The van der Waals surface area contributed by atoms with E-state index in [0.29, 0.717) is 5.95 Å². The van der Waals surface area contributed by atoms with Gasteiger partial charge in [-0.1, -0.05) is 52.4 Å². The average molecular weight is 358 g/mol. The molecule has 0 saturated carbocycles. The second-order valence-corrected chi connectivity index (χ2v) is 6.03. The van der Waals surface area contributed by atoms with Gasteiger partial charge in [-0.2, -0.15) is 5.10 Å². The Morgan fingerprint density at radius 3 is 2.81 bits per heavy atom. The molecular weight excluding hydrogens is 340 g/mol. The number of hydrogen-bond donors (Lipinski definition) is 1. The van der Waals surface area contributed by atoms with Gasteiger partial charge in [-0.15, -0.1) is 0 Å². The van der Waals surface area contributed by atoms with Gasteiger partial charge in [0.2, 0.25) is 0 Å². The molecule has 134 valence electrons. The first-order valence-electron chi connectivity index (χ1n) is 8.47. The second kappa shape index (κ2) is 7.25. The van der Waals surface area contributed by atoms with Crippen LogP contribution in [0, 0.1) is 6.92 Å². The fraction of sp³-hybridized carbons (Fsp3) is 0.100. The van der Waals surface area contributed by atoms with Crippen LogP contribution in [-0.2, 0) is 0 Å². The molecule has 0 amide bonds. The molecule has 1 N–H and O–H groups in total. The highest BCUT2D eigenvalue weighted by molar-refractivity contribution is 5.94. The summed E-state index contributed by atoms with van der Waals surface area (Å²) in [5, 5.41) is 21.5. The van der Waals surface area contributed by atoms with E-state index < -0.39 is 0 Å². The van der Waals surface area contributed by atoms with Crippen molar-refractivity contribution in [1.29, 1.82) is 0 Å². The highest BCUT2D eigenvalue weighted by Crippen LogP contribution is 2.25. The molecule has 0 bridgehead atoms. The van der Waals surface area contributed by atoms with E-state index in [4.69, 9.17) is 4.74 Å². The van der Waals surface area contributed by atoms with Gasteiger partial charge in [0.15, 0.2) is 0 Å². The number of anilines is 2. The van der Waals surface area contributed by atoms with Crippen molar-refractivity contribution in [2.45, 2.75) is 6.92 Å². The minimum absolute atomic E-state index is 0.425. The summed E-state index contributed by atoms with van der Waals surface area (Å²) in [4.78, 5) is 1.35. The van der Waals surface area contributed by atoms with Crippen molar-refractivity contribution in [3.05, 3.63) is 71.8 Å². The molecule has 0 unspecified atom stereocenters. The van der Waals surface area contributed by atoms with Gasteiger partial charge in [-0.05, 0) is 46.5 Å². The lowest BCUT2D eigenvalue weighted by Crippen LogP contribution is -2.02. The summed E-state index contributed by atoms with van der Waals surface area (Å²) < 4.78 is 5.40. The highest BCUT2D eigenvalue weighted by atomic mass is 16.5. The Bertz CT molecular complexity index is 1110. The van der Waals surface area contributed by atoms with Crippen LogP contribution in [0.1, 0.15) is 11.1 Å². The number of nitrogens with one attached hydrogen (secondary N) is 1. The molecule has 1 heterocycles. The number of ether oxygens (including phenoxy) is 1. The van der Waals surface area contributed by atoms with Gasteiger partial charge in [0.05, 0.1) is 13.3 Å². The molecule has 4 aromatic rings. The highest BCUT2D eigenvalue weighted by Gasteiger charge is 2.08. The molecule has 0 saturated heterocycles. The first-order chi connectivity index (χ1) is 13.2. The predicted octanol–water partition coefficient (Wildman–Crippen LogP) is 3.77. The third-order valence-electron chi connectivity index (χ3n) is 4.18. The molecule has 7 heteroatoms. The van der Waals surface area contributed by atoms with E-state index in [1.165, 1.54) is 4.79 Å². The third kappa shape index (κ3) is 3.48. The number of methoxy groups -OCH3 is 1. The summed E-state index contributed by atoms with van der Waals surface area (Å²) in [6.07, 6.45) is 1.67. The molecule has 7 nitrogen and oxygen atoms in total. The number of benzene rings is 3. The monoisotopic (exact) mass is 358 g/mol. The van der Waals surface area contributed by atoms with E-state index in [0.717, 1.165) is 33.3 Å². The summed E-state index contributed by atoms with van der Waals surface area (Å²) in [5.74, 6) is 1.17. The minimum atomic E-state index is 0.425. The average Bonchev–Trinajstić information content (AvgIpc) is 3.14. The zero-order valence-electron chi connectivity index (χ0n) is 15.0. The molecule has 0 spiro atoms. The number of fused-ring (bicyclic) bond motifs is 1. The number of rotatable bonds is 5. The van der Waals surface area contributed by atoms with Crippen LogP contribution in [0.4, 0.5) is 11.6 Å². The first-order valence-corrected chi connectivity index (χ1v) is 8.47. The maximum absolute atomic E-state index is 5.40. The van der Waals surface area contributed by atoms with Gasteiger partial charge in [0.1, 0.15) is 5.75 Å². The van der Waals surface area contributed by atoms with E-state index in [2.05, 4.69) is 38.1 Å². The van der Waals surface area contributed by atoms with Crippen LogP contribution in [0.3, 0.4) is 0 Å². The maximum atomic E-state index is 5.40. The number of aryl methyl sites for hydroxylation is 1. The fourth-order valence-corrected chi connectivity index (χ4v) is 2.83. The molecule has 27 heavy (non-hydrogen) atoms. The first kappa shape index (κ1) is 16.7. The molecule has 0 aliphatic rings. The number of hydrogen-bond acceptors (Lipinski definition) is 6. The van der Waals surface area contributed by atoms with E-state index >= 15 is 0 Å². The quantitative estimate of drug-likeness (QED) is 0.550. The Morgan fingerprint density at radius 2 is 1.93 bits per heavy atom. The second-order valence-electron chi connectivity index (χ2n) is 6.03. The van der Waals surface area contributed by atoms with Crippen LogP contribution in [0.5, 0.6) is 5.75 Å². The molecule has 0 atom stereocenters. The molecule has 1 aromatic heterocycles. The van der Waals surface area contributed by atoms with E-state index in [1.807, 2.05) is 55.5 Å². The summed E-state index contributed by atoms with van der Waals surface area (Å²) in [7, 11) is 1.64. The van der Waals surface area contributed by atoms with Gasteiger partial charge < -0.3 is 10.1 Å². The predicted molar refractivity (Wildman–Crippen MR) is 106 cm³/mol. The van der Waals surface area contributed by atoms with Gasteiger partial charge in [-0.25, -0.2) is 0 Å². The lowest BCUT2D eigenvalue weighted by Gasteiger charge is -2.08.